The highest BCUT2D eigenvalue weighted by molar-refractivity contribution is 7.12. The molecule has 3 nitrogen and oxygen atoms in total. The molecule has 0 fully saturated rings. The first-order valence-corrected chi connectivity index (χ1v) is 8.33. The molecule has 0 saturated heterocycles. The Hall–Kier alpha value is -2.07. The first kappa shape index (κ1) is 14.9. The summed E-state index contributed by atoms with van der Waals surface area (Å²) in [6, 6.07) is 12.5. The van der Waals surface area contributed by atoms with Crippen LogP contribution >= 0.6 is 11.3 Å². The number of rotatable bonds is 5. The number of hydrogen-bond acceptors (Lipinski definition) is 3. The van der Waals surface area contributed by atoms with Gasteiger partial charge >= 0.3 is 0 Å². The Morgan fingerprint density at radius 3 is 2.77 bits per heavy atom. The van der Waals surface area contributed by atoms with E-state index in [1.54, 1.807) is 11.3 Å². The molecule has 0 saturated carbocycles. The Bertz CT molecular complexity index is 682. The summed E-state index contributed by atoms with van der Waals surface area (Å²) in [5, 5.41) is 3.01. The van der Waals surface area contributed by atoms with Gasteiger partial charge < -0.3 is 10.2 Å². The molecule has 2 aromatic rings. The second kappa shape index (κ2) is 6.79. The second-order valence-corrected chi connectivity index (χ2v) is 6.88. The Kier molecular flexibility index (Phi) is 4.59. The summed E-state index contributed by atoms with van der Waals surface area (Å²) in [5.41, 5.74) is 2.35. The maximum absolute atomic E-state index is 12.0. The van der Waals surface area contributed by atoms with Crippen LogP contribution in [0.4, 0.5) is 5.69 Å². The predicted molar refractivity (Wildman–Crippen MR) is 92.4 cm³/mol. The van der Waals surface area contributed by atoms with E-state index in [0.717, 1.165) is 23.5 Å². The normalized spacial score (nSPS) is 13.6. The largest absolute Gasteiger partial charge is 0.364 e. The topological polar surface area (TPSA) is 32.3 Å². The van der Waals surface area contributed by atoms with Crippen LogP contribution in [0.5, 0.6) is 0 Å². The molecule has 1 N–H and O–H groups in total. The molecular formula is C18H20N2OS. The van der Waals surface area contributed by atoms with E-state index in [9.17, 15) is 4.79 Å². The van der Waals surface area contributed by atoms with E-state index in [2.05, 4.69) is 59.6 Å². The molecule has 1 aliphatic rings. The summed E-state index contributed by atoms with van der Waals surface area (Å²) in [4.78, 5) is 16.7. The van der Waals surface area contributed by atoms with Gasteiger partial charge in [-0.05, 0) is 36.8 Å². The molecule has 2 heterocycles. The van der Waals surface area contributed by atoms with Gasteiger partial charge in [-0.1, -0.05) is 24.3 Å². The fourth-order valence-electron chi connectivity index (χ4n) is 2.55. The first-order chi connectivity index (χ1) is 10.7. The van der Waals surface area contributed by atoms with Crippen molar-refractivity contribution in [1.29, 1.82) is 0 Å². The van der Waals surface area contributed by atoms with Crippen LogP contribution in [0.15, 0.2) is 48.6 Å². The number of aryl methyl sites for hydroxylation is 1. The van der Waals surface area contributed by atoms with Crippen LogP contribution in [0.2, 0.25) is 0 Å². The van der Waals surface area contributed by atoms with E-state index < -0.39 is 0 Å². The smallest absolute Gasteiger partial charge is 0.225 e. The SMILES string of the molecule is Cc1ccc(CC(=O)NCc2cccc(N3CC=CC3)c2)s1. The van der Waals surface area contributed by atoms with Crippen molar-refractivity contribution in [3.05, 3.63) is 63.9 Å². The summed E-state index contributed by atoms with van der Waals surface area (Å²) < 4.78 is 0. The van der Waals surface area contributed by atoms with Crippen molar-refractivity contribution in [2.75, 3.05) is 18.0 Å². The number of nitrogens with zero attached hydrogens (tertiary/aromatic N) is 1. The van der Waals surface area contributed by atoms with Crippen molar-refractivity contribution in [1.82, 2.24) is 5.32 Å². The highest BCUT2D eigenvalue weighted by Crippen LogP contribution is 2.19. The Balaban J connectivity index is 1.54. The van der Waals surface area contributed by atoms with Gasteiger partial charge in [-0.25, -0.2) is 0 Å². The van der Waals surface area contributed by atoms with Crippen LogP contribution in [0.3, 0.4) is 0 Å². The minimum atomic E-state index is 0.0788. The Labute approximate surface area is 135 Å². The van der Waals surface area contributed by atoms with E-state index in [4.69, 9.17) is 0 Å². The Morgan fingerprint density at radius 2 is 2.05 bits per heavy atom. The number of anilines is 1. The molecule has 22 heavy (non-hydrogen) atoms. The van der Waals surface area contributed by atoms with Gasteiger partial charge in [0, 0.05) is 35.1 Å². The molecular weight excluding hydrogens is 292 g/mol. The van der Waals surface area contributed by atoms with E-state index in [0.29, 0.717) is 13.0 Å². The molecule has 1 aliphatic heterocycles. The number of amides is 1. The van der Waals surface area contributed by atoms with E-state index in [1.807, 2.05) is 6.07 Å². The predicted octanol–water partition coefficient (Wildman–Crippen LogP) is 3.29. The molecule has 1 aromatic carbocycles. The van der Waals surface area contributed by atoms with Crippen molar-refractivity contribution in [2.24, 2.45) is 0 Å². The third-order valence-electron chi connectivity index (χ3n) is 3.71. The molecule has 3 rings (SSSR count). The summed E-state index contributed by atoms with van der Waals surface area (Å²) in [6.45, 7) is 4.57. The lowest BCUT2D eigenvalue weighted by molar-refractivity contribution is -0.120. The average molecular weight is 312 g/mol. The van der Waals surface area contributed by atoms with Crippen LogP contribution in [-0.4, -0.2) is 19.0 Å². The van der Waals surface area contributed by atoms with E-state index >= 15 is 0 Å². The maximum Gasteiger partial charge on any atom is 0.225 e. The fraction of sp³-hybridized carbons (Fsp3) is 0.278. The molecule has 114 valence electrons. The molecule has 0 unspecified atom stereocenters. The van der Waals surface area contributed by atoms with E-state index in [-0.39, 0.29) is 5.91 Å². The molecule has 0 aliphatic carbocycles. The monoisotopic (exact) mass is 312 g/mol. The Morgan fingerprint density at radius 1 is 1.23 bits per heavy atom. The lowest BCUT2D eigenvalue weighted by Crippen LogP contribution is -2.24. The lowest BCUT2D eigenvalue weighted by atomic mass is 10.2. The van der Waals surface area contributed by atoms with Crippen LogP contribution in [0.25, 0.3) is 0 Å². The fourth-order valence-corrected chi connectivity index (χ4v) is 3.44. The minimum Gasteiger partial charge on any atom is -0.364 e. The minimum absolute atomic E-state index is 0.0788. The maximum atomic E-state index is 12.0. The highest BCUT2D eigenvalue weighted by atomic mass is 32.1. The third kappa shape index (κ3) is 3.77. The zero-order chi connectivity index (χ0) is 15.4. The molecule has 4 heteroatoms. The van der Waals surface area contributed by atoms with Crippen LogP contribution < -0.4 is 10.2 Å². The van der Waals surface area contributed by atoms with Crippen molar-refractivity contribution in [2.45, 2.75) is 19.9 Å². The van der Waals surface area contributed by atoms with Gasteiger partial charge in [-0.2, -0.15) is 0 Å². The van der Waals surface area contributed by atoms with Crippen molar-refractivity contribution in [3.63, 3.8) is 0 Å². The number of thiophene rings is 1. The van der Waals surface area contributed by atoms with Crippen LogP contribution in [0, 0.1) is 6.92 Å². The molecule has 0 spiro atoms. The molecule has 1 amide bonds. The number of hydrogen-bond donors (Lipinski definition) is 1. The second-order valence-electron chi connectivity index (χ2n) is 5.51. The summed E-state index contributed by atoms with van der Waals surface area (Å²) in [6.07, 6.45) is 4.82. The standard InChI is InChI=1S/C18H20N2OS/c1-14-7-8-17(22-14)12-18(21)19-13-15-5-4-6-16(11-15)20-9-2-3-10-20/h2-8,11H,9-10,12-13H2,1H3,(H,19,21). The van der Waals surface area contributed by atoms with Crippen molar-refractivity contribution < 1.29 is 4.79 Å². The van der Waals surface area contributed by atoms with Gasteiger partial charge in [0.15, 0.2) is 0 Å². The quantitative estimate of drug-likeness (QED) is 0.859. The van der Waals surface area contributed by atoms with Crippen molar-refractivity contribution in [3.8, 4) is 0 Å². The highest BCUT2D eigenvalue weighted by Gasteiger charge is 2.09. The summed E-state index contributed by atoms with van der Waals surface area (Å²) in [5.74, 6) is 0.0788. The van der Waals surface area contributed by atoms with Crippen LogP contribution in [-0.2, 0) is 17.8 Å². The number of carbonyl (C=O) groups excluding carboxylic acids is 1. The van der Waals surface area contributed by atoms with Crippen molar-refractivity contribution >= 4 is 22.9 Å². The molecule has 0 radical (unpaired) electrons. The molecule has 0 atom stereocenters. The van der Waals surface area contributed by atoms with Crippen LogP contribution in [0.1, 0.15) is 15.3 Å². The zero-order valence-electron chi connectivity index (χ0n) is 12.7. The molecule has 0 bridgehead atoms. The van der Waals surface area contributed by atoms with E-state index in [1.165, 1.54) is 10.6 Å². The van der Waals surface area contributed by atoms with Gasteiger partial charge in [-0.15, -0.1) is 11.3 Å². The van der Waals surface area contributed by atoms with Gasteiger partial charge in [-0.3, -0.25) is 4.79 Å². The lowest BCUT2D eigenvalue weighted by Gasteiger charge is -2.18. The summed E-state index contributed by atoms with van der Waals surface area (Å²) >= 11 is 1.68. The number of nitrogens with one attached hydrogen (secondary N) is 1. The third-order valence-corrected chi connectivity index (χ3v) is 4.72. The summed E-state index contributed by atoms with van der Waals surface area (Å²) in [7, 11) is 0. The first-order valence-electron chi connectivity index (χ1n) is 7.51. The zero-order valence-corrected chi connectivity index (χ0v) is 13.5. The molecule has 1 aromatic heterocycles. The van der Waals surface area contributed by atoms with Gasteiger partial charge in [0.05, 0.1) is 6.42 Å². The number of benzene rings is 1. The van der Waals surface area contributed by atoms with Gasteiger partial charge in [0.2, 0.25) is 5.91 Å². The average Bonchev–Trinajstić information content (AvgIpc) is 3.17. The van der Waals surface area contributed by atoms with Gasteiger partial charge in [0.25, 0.3) is 0 Å². The number of carbonyl (C=O) groups is 1. The van der Waals surface area contributed by atoms with Gasteiger partial charge in [0.1, 0.15) is 0 Å².